The van der Waals surface area contributed by atoms with Gasteiger partial charge in [0, 0.05) is 10.6 Å². The highest BCUT2D eigenvalue weighted by Gasteiger charge is 2.51. The number of carbonyl (C=O) groups is 1. The third-order valence-corrected chi connectivity index (χ3v) is 7.91. The van der Waals surface area contributed by atoms with Crippen LogP contribution in [0.1, 0.15) is 49.0 Å². The van der Waals surface area contributed by atoms with Gasteiger partial charge in [0.15, 0.2) is 0 Å². The second-order valence-corrected chi connectivity index (χ2v) is 10.5. The van der Waals surface area contributed by atoms with Crippen molar-refractivity contribution in [1.82, 2.24) is 5.43 Å². The van der Waals surface area contributed by atoms with Gasteiger partial charge in [0.25, 0.3) is 0 Å². The minimum absolute atomic E-state index is 0.346. The van der Waals surface area contributed by atoms with E-state index in [2.05, 4.69) is 28.0 Å². The van der Waals surface area contributed by atoms with Gasteiger partial charge in [-0.25, -0.2) is 10.2 Å². The Morgan fingerprint density at radius 2 is 1.68 bits per heavy atom. The average molecular weight is 414 g/mol. The maximum absolute atomic E-state index is 12.1. The zero-order chi connectivity index (χ0) is 19.1. The molecule has 4 saturated carbocycles. The normalized spacial score (nSPS) is 30.7. The molecule has 1 heterocycles. The first kappa shape index (κ1) is 18.2. The van der Waals surface area contributed by atoms with Crippen molar-refractivity contribution < 1.29 is 4.79 Å². The van der Waals surface area contributed by atoms with Gasteiger partial charge in [-0.3, -0.25) is 0 Å². The quantitative estimate of drug-likeness (QED) is 0.467. The van der Waals surface area contributed by atoms with Crippen LogP contribution >= 0.6 is 22.9 Å². The molecule has 2 aromatic rings. The van der Waals surface area contributed by atoms with Crippen LogP contribution < -0.4 is 10.7 Å². The molecule has 1 aromatic heterocycles. The Hall–Kier alpha value is -1.85. The van der Waals surface area contributed by atoms with E-state index in [0.29, 0.717) is 9.75 Å². The third kappa shape index (κ3) is 3.58. The monoisotopic (exact) mass is 413 g/mol. The Morgan fingerprint density at radius 3 is 2.25 bits per heavy atom. The first-order chi connectivity index (χ1) is 13.6. The molecule has 0 radical (unpaired) electrons. The van der Waals surface area contributed by atoms with Crippen LogP contribution in [0.3, 0.4) is 0 Å². The lowest BCUT2D eigenvalue weighted by Crippen LogP contribution is -2.48. The number of nitrogens with one attached hydrogen (secondary N) is 2. The molecule has 4 aliphatic rings. The molecule has 0 saturated heterocycles. The van der Waals surface area contributed by atoms with E-state index in [0.717, 1.165) is 28.3 Å². The predicted octanol–water partition coefficient (Wildman–Crippen LogP) is 6.02. The standard InChI is InChI=1S/C22H24ClN3OS/c23-20-6-5-19(28-20)13-24-26-21(27)25-18-3-1-17(2-4-18)22-10-14-7-15(11-22)9-16(8-14)12-22/h1-6,13-16H,7-12H2,(H2,25,26,27)/b24-13+. The van der Waals surface area contributed by atoms with E-state index in [1.165, 1.54) is 55.4 Å². The van der Waals surface area contributed by atoms with E-state index in [1.807, 2.05) is 18.2 Å². The van der Waals surface area contributed by atoms with Crippen molar-refractivity contribution in [2.24, 2.45) is 22.9 Å². The summed E-state index contributed by atoms with van der Waals surface area (Å²) in [4.78, 5) is 12.9. The molecule has 0 spiro atoms. The molecule has 2 N–H and O–H groups in total. The van der Waals surface area contributed by atoms with E-state index in [1.54, 1.807) is 12.3 Å². The number of rotatable bonds is 4. The maximum atomic E-state index is 12.1. The Kier molecular flexibility index (Phi) is 4.68. The highest BCUT2D eigenvalue weighted by Crippen LogP contribution is 2.60. The van der Waals surface area contributed by atoms with E-state index in [9.17, 15) is 4.79 Å². The third-order valence-electron chi connectivity index (χ3n) is 6.75. The number of hydrogen-bond acceptors (Lipinski definition) is 3. The van der Waals surface area contributed by atoms with Gasteiger partial charge in [-0.2, -0.15) is 5.10 Å². The van der Waals surface area contributed by atoms with Gasteiger partial charge in [0.1, 0.15) is 0 Å². The molecular formula is C22H24ClN3OS. The summed E-state index contributed by atoms with van der Waals surface area (Å²) in [6, 6.07) is 11.8. The minimum Gasteiger partial charge on any atom is -0.307 e. The molecule has 0 unspecified atom stereocenters. The molecule has 1 aromatic carbocycles. The number of carbonyl (C=O) groups excluding carboxylic acids is 1. The lowest BCUT2D eigenvalue weighted by molar-refractivity contribution is -0.00518. The van der Waals surface area contributed by atoms with Crippen LogP contribution in [0.15, 0.2) is 41.5 Å². The number of thiophene rings is 1. The fourth-order valence-electron chi connectivity index (χ4n) is 6.08. The lowest BCUT2D eigenvalue weighted by Gasteiger charge is -2.57. The second kappa shape index (κ2) is 7.20. The molecule has 28 heavy (non-hydrogen) atoms. The molecule has 2 amide bonds. The summed E-state index contributed by atoms with van der Waals surface area (Å²) in [5.41, 5.74) is 5.14. The van der Waals surface area contributed by atoms with Crippen LogP contribution in [0.2, 0.25) is 4.34 Å². The molecule has 6 rings (SSSR count). The molecule has 146 valence electrons. The summed E-state index contributed by atoms with van der Waals surface area (Å²) in [6.07, 6.45) is 10.0. The topological polar surface area (TPSA) is 53.5 Å². The number of nitrogens with zero attached hydrogens (tertiary/aromatic N) is 1. The van der Waals surface area contributed by atoms with Crippen LogP contribution in [0.4, 0.5) is 10.5 Å². The van der Waals surface area contributed by atoms with Gasteiger partial charge in [0.05, 0.1) is 10.6 Å². The van der Waals surface area contributed by atoms with Crippen molar-refractivity contribution in [2.45, 2.75) is 43.9 Å². The van der Waals surface area contributed by atoms with Crippen LogP contribution in [-0.2, 0) is 5.41 Å². The molecule has 0 aliphatic heterocycles. The molecule has 4 bridgehead atoms. The van der Waals surface area contributed by atoms with Crippen LogP contribution in [0, 0.1) is 17.8 Å². The van der Waals surface area contributed by atoms with E-state index in [-0.39, 0.29) is 6.03 Å². The zero-order valence-electron chi connectivity index (χ0n) is 15.7. The Labute approximate surface area is 174 Å². The van der Waals surface area contributed by atoms with Gasteiger partial charge < -0.3 is 5.32 Å². The van der Waals surface area contributed by atoms with Gasteiger partial charge in [-0.1, -0.05) is 23.7 Å². The number of urea groups is 1. The minimum atomic E-state index is -0.346. The summed E-state index contributed by atoms with van der Waals surface area (Å²) in [5, 5.41) is 6.81. The van der Waals surface area contributed by atoms with Crippen molar-refractivity contribution in [3.63, 3.8) is 0 Å². The fourth-order valence-corrected chi connectivity index (χ4v) is 7.02. The average Bonchev–Trinajstić information content (AvgIpc) is 3.06. The first-order valence-electron chi connectivity index (χ1n) is 10.0. The fraction of sp³-hybridized carbons (Fsp3) is 0.455. The maximum Gasteiger partial charge on any atom is 0.339 e. The first-order valence-corrected chi connectivity index (χ1v) is 11.2. The molecule has 4 aliphatic carbocycles. The van der Waals surface area contributed by atoms with Crippen LogP contribution in [0.5, 0.6) is 0 Å². The van der Waals surface area contributed by atoms with Crippen molar-refractivity contribution in [3.05, 3.63) is 51.2 Å². The Balaban J connectivity index is 1.21. The summed E-state index contributed by atoms with van der Waals surface area (Å²) in [7, 11) is 0. The van der Waals surface area contributed by atoms with E-state index in [4.69, 9.17) is 11.6 Å². The van der Waals surface area contributed by atoms with Crippen molar-refractivity contribution in [3.8, 4) is 0 Å². The van der Waals surface area contributed by atoms with Gasteiger partial charge in [0.2, 0.25) is 0 Å². The number of anilines is 1. The second-order valence-electron chi connectivity index (χ2n) is 8.74. The van der Waals surface area contributed by atoms with Crippen molar-refractivity contribution >= 4 is 40.9 Å². The number of halogens is 1. The number of hydrazone groups is 1. The van der Waals surface area contributed by atoms with Gasteiger partial charge in [-0.15, -0.1) is 11.3 Å². The van der Waals surface area contributed by atoms with Crippen LogP contribution in [-0.4, -0.2) is 12.2 Å². The zero-order valence-corrected chi connectivity index (χ0v) is 17.2. The predicted molar refractivity (Wildman–Crippen MR) is 115 cm³/mol. The lowest BCUT2D eigenvalue weighted by atomic mass is 9.48. The number of benzene rings is 1. The van der Waals surface area contributed by atoms with Gasteiger partial charge >= 0.3 is 6.03 Å². The Morgan fingerprint density at radius 1 is 1.04 bits per heavy atom. The number of amides is 2. The van der Waals surface area contributed by atoms with Crippen LogP contribution in [0.25, 0.3) is 0 Å². The highest BCUT2D eigenvalue weighted by atomic mass is 35.5. The van der Waals surface area contributed by atoms with Crippen molar-refractivity contribution in [1.29, 1.82) is 0 Å². The smallest absolute Gasteiger partial charge is 0.307 e. The largest absolute Gasteiger partial charge is 0.339 e. The van der Waals surface area contributed by atoms with Gasteiger partial charge in [-0.05, 0) is 91.5 Å². The van der Waals surface area contributed by atoms with E-state index < -0.39 is 0 Å². The summed E-state index contributed by atoms with van der Waals surface area (Å²) < 4.78 is 0.699. The molecule has 4 fully saturated rings. The summed E-state index contributed by atoms with van der Waals surface area (Å²) in [5.74, 6) is 2.81. The summed E-state index contributed by atoms with van der Waals surface area (Å²) >= 11 is 7.29. The Bertz CT molecular complexity index is 869. The summed E-state index contributed by atoms with van der Waals surface area (Å²) in [6.45, 7) is 0. The highest BCUT2D eigenvalue weighted by molar-refractivity contribution is 7.17. The molecule has 4 nitrogen and oxygen atoms in total. The molecule has 0 atom stereocenters. The number of hydrogen-bond donors (Lipinski definition) is 2. The molecule has 6 heteroatoms. The van der Waals surface area contributed by atoms with Crippen molar-refractivity contribution in [2.75, 3.05) is 5.32 Å². The molecular weight excluding hydrogens is 390 g/mol. The van der Waals surface area contributed by atoms with E-state index >= 15 is 0 Å². The SMILES string of the molecule is O=C(N/N=C/c1ccc(Cl)s1)Nc1ccc(C23CC4CC(CC(C4)C2)C3)cc1.